The molecule has 0 aliphatic heterocycles. The molecule has 0 heterocycles. The molecule has 0 aliphatic carbocycles. The zero-order valence-corrected chi connectivity index (χ0v) is 8.56. The minimum atomic E-state index is -0.388. The van der Waals surface area contributed by atoms with Crippen molar-refractivity contribution in [2.45, 2.75) is 12.5 Å². The van der Waals surface area contributed by atoms with E-state index in [1.807, 2.05) is 25.2 Å². The second kappa shape index (κ2) is 5.62. The summed E-state index contributed by atoms with van der Waals surface area (Å²) in [4.78, 5) is 2.11. The topological polar surface area (TPSA) is 49.5 Å². The van der Waals surface area contributed by atoms with Crippen LogP contribution in [0.3, 0.4) is 0 Å². The lowest BCUT2D eigenvalue weighted by atomic mass is 10.2. The summed E-state index contributed by atoms with van der Waals surface area (Å²) in [5.41, 5.74) is 6.49. The maximum atomic E-state index is 9.30. The highest BCUT2D eigenvalue weighted by Gasteiger charge is 2.04. The molecule has 1 aromatic rings. The number of nitrogens with two attached hydrogens (primary N) is 1. The molecule has 0 fully saturated rings. The Bertz CT molecular complexity index is 251. The summed E-state index contributed by atoms with van der Waals surface area (Å²) < 4.78 is 0. The molecule has 0 amide bonds. The van der Waals surface area contributed by atoms with Crippen molar-refractivity contribution in [3.8, 4) is 0 Å². The molecule has 14 heavy (non-hydrogen) atoms. The lowest BCUT2D eigenvalue weighted by Gasteiger charge is -2.20. The first-order valence-electron chi connectivity index (χ1n) is 4.88. The van der Waals surface area contributed by atoms with Gasteiger partial charge in [-0.1, -0.05) is 18.2 Å². The molecule has 0 aromatic heterocycles. The van der Waals surface area contributed by atoms with Crippen LogP contribution in [0.4, 0.5) is 5.69 Å². The van der Waals surface area contributed by atoms with Gasteiger partial charge in [-0.2, -0.15) is 0 Å². The molecule has 0 spiro atoms. The molecule has 1 atom stereocenters. The number of benzene rings is 1. The van der Waals surface area contributed by atoms with Crippen molar-refractivity contribution in [2.24, 2.45) is 5.73 Å². The highest BCUT2D eigenvalue weighted by molar-refractivity contribution is 5.44. The molecule has 1 unspecified atom stereocenters. The number of aliphatic hydroxyl groups is 1. The number of anilines is 1. The monoisotopic (exact) mass is 194 g/mol. The van der Waals surface area contributed by atoms with E-state index in [9.17, 15) is 5.11 Å². The van der Waals surface area contributed by atoms with Crippen molar-refractivity contribution in [1.82, 2.24) is 0 Å². The van der Waals surface area contributed by atoms with Crippen LogP contribution in [0.1, 0.15) is 6.42 Å². The first-order chi connectivity index (χ1) is 6.74. The normalized spacial score (nSPS) is 12.5. The molecule has 0 radical (unpaired) electrons. The highest BCUT2D eigenvalue weighted by Crippen LogP contribution is 2.11. The number of para-hydroxylation sites is 1. The summed E-state index contributed by atoms with van der Waals surface area (Å²) in [6.45, 7) is 1.16. The van der Waals surface area contributed by atoms with E-state index < -0.39 is 0 Å². The fraction of sp³-hybridized carbons (Fsp3) is 0.455. The number of hydrogen-bond donors (Lipinski definition) is 2. The summed E-state index contributed by atoms with van der Waals surface area (Å²) in [7, 11) is 2.01. The second-order valence-corrected chi connectivity index (χ2v) is 3.44. The van der Waals surface area contributed by atoms with Crippen LogP contribution in [0.25, 0.3) is 0 Å². The van der Waals surface area contributed by atoms with Crippen LogP contribution in [0.15, 0.2) is 30.3 Å². The van der Waals surface area contributed by atoms with Gasteiger partial charge >= 0.3 is 0 Å². The Hall–Kier alpha value is -1.06. The zero-order valence-electron chi connectivity index (χ0n) is 8.56. The van der Waals surface area contributed by atoms with E-state index in [-0.39, 0.29) is 6.10 Å². The lowest BCUT2D eigenvalue weighted by molar-refractivity contribution is 0.175. The van der Waals surface area contributed by atoms with Crippen LogP contribution < -0.4 is 10.6 Å². The van der Waals surface area contributed by atoms with Gasteiger partial charge in [-0.05, 0) is 18.6 Å². The van der Waals surface area contributed by atoms with E-state index in [2.05, 4.69) is 17.0 Å². The van der Waals surface area contributed by atoms with Gasteiger partial charge in [0.15, 0.2) is 0 Å². The van der Waals surface area contributed by atoms with E-state index in [1.54, 1.807) is 0 Å². The second-order valence-electron chi connectivity index (χ2n) is 3.44. The van der Waals surface area contributed by atoms with E-state index >= 15 is 0 Å². The molecule has 3 N–H and O–H groups in total. The lowest BCUT2D eigenvalue weighted by Crippen LogP contribution is -2.27. The van der Waals surface area contributed by atoms with Crippen molar-refractivity contribution >= 4 is 5.69 Å². The van der Waals surface area contributed by atoms with E-state index in [0.717, 1.165) is 12.2 Å². The van der Waals surface area contributed by atoms with Crippen LogP contribution in [-0.4, -0.2) is 31.3 Å². The maximum absolute atomic E-state index is 9.30. The van der Waals surface area contributed by atoms with E-state index in [0.29, 0.717) is 13.0 Å². The number of nitrogens with zero attached hydrogens (tertiary/aromatic N) is 1. The first kappa shape index (κ1) is 11.0. The Kier molecular flexibility index (Phi) is 4.43. The molecule has 1 aromatic carbocycles. The predicted octanol–water partition coefficient (Wildman–Crippen LogP) is 0.832. The van der Waals surface area contributed by atoms with Gasteiger partial charge in [-0.15, -0.1) is 0 Å². The number of hydrogen-bond acceptors (Lipinski definition) is 3. The van der Waals surface area contributed by atoms with Crippen molar-refractivity contribution in [3.63, 3.8) is 0 Å². The Morgan fingerprint density at radius 1 is 1.36 bits per heavy atom. The van der Waals surface area contributed by atoms with Crippen LogP contribution in [0, 0.1) is 0 Å². The van der Waals surface area contributed by atoms with E-state index in [4.69, 9.17) is 5.73 Å². The van der Waals surface area contributed by atoms with Crippen LogP contribution in [0.5, 0.6) is 0 Å². The predicted molar refractivity (Wildman–Crippen MR) is 59.4 cm³/mol. The molecular weight excluding hydrogens is 176 g/mol. The van der Waals surface area contributed by atoms with Crippen molar-refractivity contribution in [1.29, 1.82) is 0 Å². The standard InChI is InChI=1S/C11H18N2O/c1-13(8-7-11(14)9-12)10-5-3-2-4-6-10/h2-6,11,14H,7-9,12H2,1H3. The molecule has 78 valence electrons. The van der Waals surface area contributed by atoms with Crippen LogP contribution in [-0.2, 0) is 0 Å². The molecule has 0 aliphatic rings. The molecule has 0 saturated carbocycles. The van der Waals surface area contributed by atoms with Gasteiger partial charge < -0.3 is 15.7 Å². The molecule has 3 nitrogen and oxygen atoms in total. The summed E-state index contributed by atoms with van der Waals surface area (Å²) in [6.07, 6.45) is 0.322. The minimum Gasteiger partial charge on any atom is -0.392 e. The van der Waals surface area contributed by atoms with Crippen molar-refractivity contribution < 1.29 is 5.11 Å². The van der Waals surface area contributed by atoms with Crippen LogP contribution in [0.2, 0.25) is 0 Å². The highest BCUT2D eigenvalue weighted by atomic mass is 16.3. The zero-order chi connectivity index (χ0) is 10.4. The third kappa shape index (κ3) is 3.36. The summed E-state index contributed by atoms with van der Waals surface area (Å²) >= 11 is 0. The minimum absolute atomic E-state index is 0.336. The fourth-order valence-electron chi connectivity index (χ4n) is 1.27. The van der Waals surface area contributed by atoms with Gasteiger partial charge in [0.05, 0.1) is 6.10 Å². The average Bonchev–Trinajstić information content (AvgIpc) is 2.26. The molecule has 3 heteroatoms. The molecular formula is C11H18N2O. The molecule has 0 saturated heterocycles. The molecule has 0 bridgehead atoms. The van der Waals surface area contributed by atoms with Gasteiger partial charge in [0.1, 0.15) is 0 Å². The summed E-state index contributed by atoms with van der Waals surface area (Å²) in [5.74, 6) is 0. The fourth-order valence-corrected chi connectivity index (χ4v) is 1.27. The van der Waals surface area contributed by atoms with Crippen LogP contribution >= 0.6 is 0 Å². The Morgan fingerprint density at radius 2 is 2.00 bits per heavy atom. The number of aliphatic hydroxyl groups excluding tert-OH is 1. The smallest absolute Gasteiger partial charge is 0.0679 e. The Morgan fingerprint density at radius 3 is 2.57 bits per heavy atom. The third-order valence-electron chi connectivity index (χ3n) is 2.27. The third-order valence-corrected chi connectivity index (χ3v) is 2.27. The first-order valence-corrected chi connectivity index (χ1v) is 4.88. The largest absolute Gasteiger partial charge is 0.392 e. The maximum Gasteiger partial charge on any atom is 0.0679 e. The van der Waals surface area contributed by atoms with Gasteiger partial charge in [-0.3, -0.25) is 0 Å². The van der Waals surface area contributed by atoms with Gasteiger partial charge in [0.2, 0.25) is 0 Å². The Balaban J connectivity index is 2.39. The quantitative estimate of drug-likeness (QED) is 0.730. The van der Waals surface area contributed by atoms with Gasteiger partial charge in [-0.25, -0.2) is 0 Å². The number of rotatable bonds is 5. The Labute approximate surface area is 85.2 Å². The van der Waals surface area contributed by atoms with E-state index in [1.165, 1.54) is 0 Å². The summed E-state index contributed by atoms with van der Waals surface area (Å²) in [5, 5.41) is 9.30. The SMILES string of the molecule is CN(CCC(O)CN)c1ccccc1. The summed E-state index contributed by atoms with van der Waals surface area (Å²) in [6, 6.07) is 10.1. The average molecular weight is 194 g/mol. The molecule has 1 rings (SSSR count). The van der Waals surface area contributed by atoms with Crippen molar-refractivity contribution in [3.05, 3.63) is 30.3 Å². The van der Waals surface area contributed by atoms with Crippen molar-refractivity contribution in [2.75, 3.05) is 25.0 Å². The van der Waals surface area contributed by atoms with Gasteiger partial charge in [0, 0.05) is 25.8 Å². The van der Waals surface area contributed by atoms with Gasteiger partial charge in [0.25, 0.3) is 0 Å².